The van der Waals surface area contributed by atoms with E-state index in [4.69, 9.17) is 4.42 Å². The standard InChI is InChI=1S/C21H22N4O4S/c1-14-3-5-15(6-4-14)13-19-23-24-21(29-19)22-20(26)16-7-11-18(12-8-16)30(27,28)25(2)17-9-10-17/h3-8,11-12,17H,9-10,13H2,1-2H3,(H,22,24,26). The van der Waals surface area contributed by atoms with Crippen LogP contribution in [0.4, 0.5) is 6.01 Å². The van der Waals surface area contributed by atoms with Crippen molar-refractivity contribution in [3.63, 3.8) is 0 Å². The molecule has 2 aromatic carbocycles. The third-order valence-electron chi connectivity index (χ3n) is 5.02. The van der Waals surface area contributed by atoms with E-state index in [0.29, 0.717) is 17.9 Å². The van der Waals surface area contributed by atoms with Gasteiger partial charge in [-0.25, -0.2) is 8.42 Å². The minimum absolute atomic E-state index is 0.00715. The van der Waals surface area contributed by atoms with Crippen LogP contribution in [0.5, 0.6) is 0 Å². The smallest absolute Gasteiger partial charge is 0.322 e. The summed E-state index contributed by atoms with van der Waals surface area (Å²) in [6.45, 7) is 2.01. The molecule has 1 amide bonds. The van der Waals surface area contributed by atoms with Gasteiger partial charge in [-0.15, -0.1) is 5.10 Å². The Balaban J connectivity index is 1.40. The summed E-state index contributed by atoms with van der Waals surface area (Å²) in [5, 5.41) is 10.3. The number of benzene rings is 2. The normalized spacial score (nSPS) is 14.1. The van der Waals surface area contributed by atoms with E-state index in [0.717, 1.165) is 24.0 Å². The maximum atomic E-state index is 12.5. The summed E-state index contributed by atoms with van der Waals surface area (Å²) in [5.41, 5.74) is 2.48. The predicted octanol–water partition coefficient (Wildman–Crippen LogP) is 3.00. The number of anilines is 1. The molecule has 30 heavy (non-hydrogen) atoms. The lowest BCUT2D eigenvalue weighted by Gasteiger charge is -2.16. The van der Waals surface area contributed by atoms with Crippen LogP contribution in [-0.2, 0) is 16.4 Å². The Morgan fingerprint density at radius 3 is 2.40 bits per heavy atom. The number of rotatable bonds is 7. The summed E-state index contributed by atoms with van der Waals surface area (Å²) in [4.78, 5) is 12.6. The summed E-state index contributed by atoms with van der Waals surface area (Å²) in [7, 11) is -1.96. The van der Waals surface area contributed by atoms with Crippen LogP contribution < -0.4 is 5.32 Å². The first-order chi connectivity index (χ1) is 14.3. The van der Waals surface area contributed by atoms with Crippen LogP contribution in [0.3, 0.4) is 0 Å². The third kappa shape index (κ3) is 4.42. The van der Waals surface area contributed by atoms with Crippen molar-refractivity contribution in [3.05, 3.63) is 71.1 Å². The molecule has 0 atom stereocenters. The van der Waals surface area contributed by atoms with Gasteiger partial charge < -0.3 is 4.42 Å². The van der Waals surface area contributed by atoms with Crippen LogP contribution in [0.15, 0.2) is 57.8 Å². The first kappa shape index (κ1) is 20.2. The third-order valence-corrected chi connectivity index (χ3v) is 6.94. The molecule has 8 nitrogen and oxygen atoms in total. The zero-order chi connectivity index (χ0) is 21.3. The summed E-state index contributed by atoms with van der Waals surface area (Å²) >= 11 is 0. The highest BCUT2D eigenvalue weighted by atomic mass is 32.2. The van der Waals surface area contributed by atoms with E-state index in [1.807, 2.05) is 31.2 Å². The summed E-state index contributed by atoms with van der Waals surface area (Å²) in [5.74, 6) is -0.0706. The van der Waals surface area contributed by atoms with Gasteiger partial charge in [-0.1, -0.05) is 34.9 Å². The van der Waals surface area contributed by atoms with Crippen molar-refractivity contribution >= 4 is 21.9 Å². The fourth-order valence-electron chi connectivity index (χ4n) is 3.00. The zero-order valence-corrected chi connectivity index (χ0v) is 17.5. The lowest BCUT2D eigenvalue weighted by molar-refractivity contribution is 0.102. The van der Waals surface area contributed by atoms with Gasteiger partial charge in [0.05, 0.1) is 11.3 Å². The van der Waals surface area contributed by atoms with Gasteiger partial charge in [0.2, 0.25) is 15.9 Å². The van der Waals surface area contributed by atoms with Crippen molar-refractivity contribution in [2.75, 3.05) is 12.4 Å². The molecule has 156 valence electrons. The molecule has 0 radical (unpaired) electrons. The Hall–Kier alpha value is -3.04. The molecule has 1 aromatic heterocycles. The first-order valence-electron chi connectivity index (χ1n) is 9.60. The van der Waals surface area contributed by atoms with Crippen molar-refractivity contribution < 1.29 is 17.6 Å². The van der Waals surface area contributed by atoms with E-state index in [9.17, 15) is 13.2 Å². The van der Waals surface area contributed by atoms with E-state index >= 15 is 0 Å². The van der Waals surface area contributed by atoms with Gasteiger partial charge in [0.25, 0.3) is 5.91 Å². The number of nitrogens with one attached hydrogen (secondary N) is 1. The average molecular weight is 426 g/mol. The molecule has 0 aliphatic heterocycles. The second-order valence-corrected chi connectivity index (χ2v) is 9.39. The van der Waals surface area contributed by atoms with Crippen molar-refractivity contribution in [3.8, 4) is 0 Å². The number of sulfonamides is 1. The second kappa shape index (κ2) is 8.00. The Bertz CT molecular complexity index is 1150. The van der Waals surface area contributed by atoms with E-state index in [-0.39, 0.29) is 17.0 Å². The van der Waals surface area contributed by atoms with Crippen molar-refractivity contribution in [2.45, 2.75) is 37.1 Å². The quantitative estimate of drug-likeness (QED) is 0.623. The largest absolute Gasteiger partial charge is 0.407 e. The SMILES string of the molecule is Cc1ccc(Cc2nnc(NC(=O)c3ccc(S(=O)(=O)N(C)C4CC4)cc3)o2)cc1. The van der Waals surface area contributed by atoms with E-state index in [1.165, 1.54) is 28.6 Å². The first-order valence-corrected chi connectivity index (χ1v) is 11.0. The molecular formula is C21H22N4O4S. The summed E-state index contributed by atoms with van der Waals surface area (Å²) in [6.07, 6.45) is 2.23. The second-order valence-electron chi connectivity index (χ2n) is 7.39. The van der Waals surface area contributed by atoms with Gasteiger partial charge in [-0.05, 0) is 49.6 Å². The maximum Gasteiger partial charge on any atom is 0.322 e. The molecule has 1 aliphatic carbocycles. The average Bonchev–Trinajstić information content (AvgIpc) is 3.50. The van der Waals surface area contributed by atoms with Crippen molar-refractivity contribution in [2.24, 2.45) is 0 Å². The molecule has 0 bridgehead atoms. The fraction of sp³-hybridized carbons (Fsp3) is 0.286. The summed E-state index contributed by atoms with van der Waals surface area (Å²) in [6, 6.07) is 13.8. The highest BCUT2D eigenvalue weighted by Gasteiger charge is 2.35. The molecule has 4 rings (SSSR count). The minimum Gasteiger partial charge on any atom is -0.407 e. The Morgan fingerprint density at radius 1 is 1.10 bits per heavy atom. The number of carbonyl (C=O) groups excluding carboxylic acids is 1. The van der Waals surface area contributed by atoms with Crippen LogP contribution in [-0.4, -0.2) is 41.9 Å². The van der Waals surface area contributed by atoms with Crippen LogP contribution in [0.1, 0.15) is 40.2 Å². The number of carbonyl (C=O) groups is 1. The topological polar surface area (TPSA) is 105 Å². The summed E-state index contributed by atoms with van der Waals surface area (Å²) < 4.78 is 32.0. The van der Waals surface area contributed by atoms with Gasteiger partial charge in [-0.2, -0.15) is 4.31 Å². The molecule has 1 saturated carbocycles. The minimum atomic E-state index is -3.55. The number of aromatic nitrogens is 2. The molecular weight excluding hydrogens is 404 g/mol. The van der Waals surface area contributed by atoms with Gasteiger partial charge in [0, 0.05) is 18.7 Å². The van der Waals surface area contributed by atoms with Crippen LogP contribution in [0.2, 0.25) is 0 Å². The Morgan fingerprint density at radius 2 is 1.77 bits per heavy atom. The lowest BCUT2D eigenvalue weighted by Crippen LogP contribution is -2.29. The molecule has 1 fully saturated rings. The zero-order valence-electron chi connectivity index (χ0n) is 16.7. The van der Waals surface area contributed by atoms with Gasteiger partial charge in [0.1, 0.15) is 0 Å². The van der Waals surface area contributed by atoms with Crippen LogP contribution in [0.25, 0.3) is 0 Å². The molecule has 1 heterocycles. The highest BCUT2D eigenvalue weighted by Crippen LogP contribution is 2.30. The maximum absolute atomic E-state index is 12.5. The molecule has 3 aromatic rings. The number of amides is 1. The Kier molecular flexibility index (Phi) is 5.40. The van der Waals surface area contributed by atoms with E-state index in [1.54, 1.807) is 7.05 Å². The number of aryl methyl sites for hydroxylation is 1. The van der Waals surface area contributed by atoms with Crippen LogP contribution >= 0.6 is 0 Å². The molecule has 0 unspecified atom stereocenters. The Labute approximate surface area is 175 Å². The van der Waals surface area contributed by atoms with E-state index < -0.39 is 15.9 Å². The fourth-order valence-corrected chi connectivity index (χ4v) is 4.42. The van der Waals surface area contributed by atoms with Crippen LogP contribution in [0, 0.1) is 6.92 Å². The van der Waals surface area contributed by atoms with Gasteiger partial charge in [0.15, 0.2) is 0 Å². The molecule has 1 N–H and O–H groups in total. The monoisotopic (exact) mass is 426 g/mol. The lowest BCUT2D eigenvalue weighted by atomic mass is 10.1. The highest BCUT2D eigenvalue weighted by molar-refractivity contribution is 7.89. The predicted molar refractivity (Wildman–Crippen MR) is 111 cm³/mol. The molecule has 0 spiro atoms. The molecule has 1 aliphatic rings. The number of hydrogen-bond acceptors (Lipinski definition) is 6. The van der Waals surface area contributed by atoms with Crippen molar-refractivity contribution in [1.29, 1.82) is 0 Å². The number of nitrogens with zero attached hydrogens (tertiary/aromatic N) is 3. The van der Waals surface area contributed by atoms with E-state index in [2.05, 4.69) is 15.5 Å². The van der Waals surface area contributed by atoms with Crippen molar-refractivity contribution in [1.82, 2.24) is 14.5 Å². The molecule has 9 heteroatoms. The van der Waals surface area contributed by atoms with Gasteiger partial charge in [-0.3, -0.25) is 10.1 Å². The molecule has 0 saturated heterocycles. The van der Waals surface area contributed by atoms with Gasteiger partial charge >= 0.3 is 6.01 Å². The number of hydrogen-bond donors (Lipinski definition) is 1.